The normalized spacial score (nSPS) is 28.9. The Hall–Kier alpha value is -2.59. The second-order valence-corrected chi connectivity index (χ2v) is 9.87. The van der Waals surface area contributed by atoms with E-state index >= 15 is 0 Å². The summed E-state index contributed by atoms with van der Waals surface area (Å²) in [7, 11) is 1.72. The van der Waals surface area contributed by atoms with Gasteiger partial charge in [-0.05, 0) is 96.6 Å². The number of benzene rings is 2. The Bertz CT molecular complexity index is 983. The molecule has 2 aromatic carbocycles. The zero-order chi connectivity index (χ0) is 21.6. The molecule has 4 saturated carbocycles. The van der Waals surface area contributed by atoms with Crippen LogP contribution in [0.4, 0.5) is 0 Å². The van der Waals surface area contributed by atoms with Gasteiger partial charge in [0.05, 0.1) is 13.7 Å². The fourth-order valence-electron chi connectivity index (χ4n) is 7.00. The van der Waals surface area contributed by atoms with Crippen LogP contribution in [0.2, 0.25) is 0 Å². The minimum absolute atomic E-state index is 0.0458. The minimum Gasteiger partial charge on any atom is -0.496 e. The summed E-state index contributed by atoms with van der Waals surface area (Å²) >= 11 is 0. The van der Waals surface area contributed by atoms with Gasteiger partial charge in [0.25, 0.3) is 0 Å². The van der Waals surface area contributed by atoms with Crippen molar-refractivity contribution in [2.45, 2.75) is 50.5 Å². The highest BCUT2D eigenvalue weighted by Gasteiger charge is 2.52. The Morgan fingerprint density at radius 1 is 1.03 bits per heavy atom. The highest BCUT2D eigenvalue weighted by molar-refractivity contribution is 5.85. The first-order chi connectivity index (χ1) is 15.0. The molecule has 0 heterocycles. The van der Waals surface area contributed by atoms with Crippen LogP contribution in [0.25, 0.3) is 17.2 Å². The average molecular weight is 419 g/mol. The quantitative estimate of drug-likeness (QED) is 0.615. The van der Waals surface area contributed by atoms with Gasteiger partial charge in [0, 0.05) is 17.2 Å². The number of hydrogen-bond donors (Lipinski definition) is 2. The van der Waals surface area contributed by atoms with Gasteiger partial charge in [-0.2, -0.15) is 0 Å². The molecule has 0 atom stereocenters. The summed E-state index contributed by atoms with van der Waals surface area (Å²) in [6.07, 6.45) is 10.6. The molecule has 0 amide bonds. The monoisotopic (exact) mass is 418 g/mol. The van der Waals surface area contributed by atoms with Crippen LogP contribution < -0.4 is 4.74 Å². The third kappa shape index (κ3) is 3.67. The van der Waals surface area contributed by atoms with Crippen LogP contribution in [0.3, 0.4) is 0 Å². The summed E-state index contributed by atoms with van der Waals surface area (Å²) in [4.78, 5) is 10.8. The van der Waals surface area contributed by atoms with Crippen LogP contribution in [0.1, 0.15) is 55.2 Å². The molecular formula is C27H30O4. The van der Waals surface area contributed by atoms with E-state index in [1.54, 1.807) is 13.2 Å². The first-order valence-electron chi connectivity index (χ1n) is 11.3. The predicted molar refractivity (Wildman–Crippen MR) is 121 cm³/mol. The second kappa shape index (κ2) is 7.83. The molecule has 4 fully saturated rings. The molecular weight excluding hydrogens is 388 g/mol. The maximum Gasteiger partial charge on any atom is 0.328 e. The Labute approximate surface area is 183 Å². The summed E-state index contributed by atoms with van der Waals surface area (Å²) in [6.45, 7) is -0.0458. The molecule has 6 rings (SSSR count). The summed E-state index contributed by atoms with van der Waals surface area (Å²) in [5.74, 6) is 2.41. The molecule has 4 bridgehead atoms. The van der Waals surface area contributed by atoms with Crippen molar-refractivity contribution in [2.24, 2.45) is 17.8 Å². The Morgan fingerprint density at radius 3 is 2.16 bits per heavy atom. The van der Waals surface area contributed by atoms with E-state index in [1.807, 2.05) is 30.3 Å². The molecule has 2 N–H and O–H groups in total. The van der Waals surface area contributed by atoms with Crippen molar-refractivity contribution >= 4 is 12.0 Å². The number of rotatable bonds is 6. The lowest BCUT2D eigenvalue weighted by atomic mass is 9.48. The van der Waals surface area contributed by atoms with E-state index in [9.17, 15) is 9.90 Å². The van der Waals surface area contributed by atoms with Crippen LogP contribution in [0.15, 0.2) is 42.5 Å². The first-order valence-corrected chi connectivity index (χ1v) is 11.3. The number of aliphatic carboxylic acids is 1. The molecule has 0 spiro atoms. The number of methoxy groups -OCH3 is 1. The van der Waals surface area contributed by atoms with Gasteiger partial charge in [-0.15, -0.1) is 0 Å². The number of ether oxygens (including phenoxy) is 1. The fourth-order valence-corrected chi connectivity index (χ4v) is 7.00. The van der Waals surface area contributed by atoms with Crippen LogP contribution >= 0.6 is 0 Å². The van der Waals surface area contributed by atoms with E-state index in [4.69, 9.17) is 9.84 Å². The van der Waals surface area contributed by atoms with Gasteiger partial charge in [-0.25, -0.2) is 4.79 Å². The average Bonchev–Trinajstić information content (AvgIpc) is 2.76. The van der Waals surface area contributed by atoms with Gasteiger partial charge in [0.2, 0.25) is 0 Å². The summed E-state index contributed by atoms with van der Waals surface area (Å²) < 4.78 is 5.90. The fraction of sp³-hybridized carbons (Fsp3) is 0.444. The third-order valence-electron chi connectivity index (χ3n) is 7.81. The summed E-state index contributed by atoms with van der Waals surface area (Å²) in [5, 5.41) is 19.0. The standard InChI is InChI=1S/C27H30O4/c1-31-26-23(16-28)11-22(21-5-2-17(3-6-21)4-7-25(29)30)12-24(26)27-13-18-8-19(14-27)10-20(9-18)15-27/h2-7,11-12,18-20,28H,8-10,13-16H2,1H3,(H,29,30)/b7-4+. The van der Waals surface area contributed by atoms with Gasteiger partial charge in [0.1, 0.15) is 5.75 Å². The van der Waals surface area contributed by atoms with Gasteiger partial charge < -0.3 is 14.9 Å². The number of carbonyl (C=O) groups is 1. The molecule has 4 aliphatic rings. The van der Waals surface area contributed by atoms with Crippen LogP contribution in [0.5, 0.6) is 5.75 Å². The van der Waals surface area contributed by atoms with Gasteiger partial charge in [-0.3, -0.25) is 0 Å². The molecule has 0 aliphatic heterocycles. The van der Waals surface area contributed by atoms with Crippen molar-refractivity contribution in [2.75, 3.05) is 7.11 Å². The van der Waals surface area contributed by atoms with Crippen molar-refractivity contribution in [3.8, 4) is 16.9 Å². The maximum atomic E-state index is 10.8. The molecule has 0 unspecified atom stereocenters. The smallest absolute Gasteiger partial charge is 0.328 e. The van der Waals surface area contributed by atoms with Crippen molar-refractivity contribution in [1.82, 2.24) is 0 Å². The Balaban J connectivity index is 1.57. The second-order valence-electron chi connectivity index (χ2n) is 9.87. The zero-order valence-corrected chi connectivity index (χ0v) is 18.0. The molecule has 4 nitrogen and oxygen atoms in total. The van der Waals surface area contributed by atoms with E-state index in [2.05, 4.69) is 6.07 Å². The van der Waals surface area contributed by atoms with Crippen molar-refractivity contribution in [1.29, 1.82) is 0 Å². The molecule has 162 valence electrons. The summed E-state index contributed by atoms with van der Waals surface area (Å²) in [6, 6.07) is 12.2. The molecule has 0 aromatic heterocycles. The van der Waals surface area contributed by atoms with Crippen molar-refractivity contribution in [3.63, 3.8) is 0 Å². The maximum absolute atomic E-state index is 10.8. The molecule has 4 aliphatic carbocycles. The van der Waals surface area contributed by atoms with Gasteiger partial charge in [0.15, 0.2) is 0 Å². The largest absolute Gasteiger partial charge is 0.496 e. The zero-order valence-electron chi connectivity index (χ0n) is 18.0. The molecule has 2 aromatic rings. The molecule has 0 radical (unpaired) electrons. The lowest BCUT2D eigenvalue weighted by Crippen LogP contribution is -2.48. The number of aliphatic hydroxyl groups excluding tert-OH is 1. The number of aliphatic hydroxyl groups is 1. The lowest BCUT2D eigenvalue weighted by molar-refractivity contribution is -0.131. The van der Waals surface area contributed by atoms with Crippen LogP contribution in [-0.4, -0.2) is 23.3 Å². The van der Waals surface area contributed by atoms with Crippen LogP contribution in [0, 0.1) is 17.8 Å². The van der Waals surface area contributed by atoms with Gasteiger partial charge >= 0.3 is 5.97 Å². The van der Waals surface area contributed by atoms with E-state index in [0.717, 1.165) is 51.8 Å². The van der Waals surface area contributed by atoms with Crippen LogP contribution in [-0.2, 0) is 16.8 Å². The highest BCUT2D eigenvalue weighted by Crippen LogP contribution is 2.62. The number of carboxylic acid groups (broad SMARTS) is 1. The Morgan fingerprint density at radius 2 is 1.65 bits per heavy atom. The summed E-state index contributed by atoms with van der Waals surface area (Å²) in [5.41, 5.74) is 5.30. The van der Waals surface area contributed by atoms with Gasteiger partial charge in [-0.1, -0.05) is 24.3 Å². The topological polar surface area (TPSA) is 66.8 Å². The van der Waals surface area contributed by atoms with Crippen molar-refractivity contribution < 1.29 is 19.7 Å². The van der Waals surface area contributed by atoms with E-state index in [-0.39, 0.29) is 12.0 Å². The minimum atomic E-state index is -0.952. The number of carboxylic acids is 1. The predicted octanol–water partition coefficient (Wildman–Crippen LogP) is 5.42. The third-order valence-corrected chi connectivity index (χ3v) is 7.81. The van der Waals surface area contributed by atoms with Crippen molar-refractivity contribution in [3.05, 3.63) is 59.2 Å². The molecule has 31 heavy (non-hydrogen) atoms. The Kier molecular flexibility index (Phi) is 5.13. The molecule has 4 heteroatoms. The first kappa shape index (κ1) is 20.3. The van der Waals surface area contributed by atoms with E-state index in [0.29, 0.717) is 0 Å². The SMILES string of the molecule is COc1c(CO)cc(-c2ccc(/C=C/C(=O)O)cc2)cc1C12CC3CC(CC(C3)C1)C2. The van der Waals surface area contributed by atoms with E-state index in [1.165, 1.54) is 44.1 Å². The van der Waals surface area contributed by atoms with E-state index < -0.39 is 5.97 Å². The highest BCUT2D eigenvalue weighted by atomic mass is 16.5. The number of hydrogen-bond acceptors (Lipinski definition) is 3. The molecule has 0 saturated heterocycles. The lowest BCUT2D eigenvalue weighted by Gasteiger charge is -2.57.